The molecule has 0 spiro atoms. The predicted octanol–water partition coefficient (Wildman–Crippen LogP) is 3.37. The highest BCUT2D eigenvalue weighted by atomic mass is 16.5. The van der Waals surface area contributed by atoms with Crippen molar-refractivity contribution in [1.29, 1.82) is 0 Å². The lowest BCUT2D eigenvalue weighted by molar-refractivity contribution is -0.118. The van der Waals surface area contributed by atoms with Gasteiger partial charge in [-0.25, -0.2) is 4.79 Å². The summed E-state index contributed by atoms with van der Waals surface area (Å²) < 4.78 is 10.6. The highest BCUT2D eigenvalue weighted by molar-refractivity contribution is 6.03. The number of rotatable bonds is 4. The van der Waals surface area contributed by atoms with E-state index < -0.39 is 5.97 Å². The molecule has 1 amide bonds. The molecule has 3 rings (SSSR count). The number of nitrogens with one attached hydrogen (secondary N) is 1. The maximum atomic E-state index is 12.7. The fourth-order valence-electron chi connectivity index (χ4n) is 2.81. The molecule has 1 heterocycles. The summed E-state index contributed by atoms with van der Waals surface area (Å²) in [5, 5.41) is 2.87. The summed E-state index contributed by atoms with van der Waals surface area (Å²) in [6.45, 7) is 2.53. The molecule has 124 valence electrons. The van der Waals surface area contributed by atoms with E-state index in [1.165, 1.54) is 0 Å². The van der Waals surface area contributed by atoms with Crippen LogP contribution in [0, 0.1) is 0 Å². The van der Waals surface area contributed by atoms with Crippen LogP contribution in [0.15, 0.2) is 48.5 Å². The van der Waals surface area contributed by atoms with Gasteiger partial charge in [0.2, 0.25) is 5.91 Å². The summed E-state index contributed by atoms with van der Waals surface area (Å²) in [6.07, 6.45) is 0.602. The van der Waals surface area contributed by atoms with Crippen molar-refractivity contribution in [2.75, 3.05) is 18.5 Å². The molecule has 2 aromatic carbocycles. The zero-order valence-corrected chi connectivity index (χ0v) is 13.5. The molecule has 24 heavy (non-hydrogen) atoms. The standard InChI is InChI=1S/C19H19NO4/c1-2-23-19(22)15-8-3-5-9-16(15)20-18(21)14-11-12-24-17-10-6-4-7-13(14)17/h3-10,14H,2,11-12H2,1H3,(H,20,21). The summed E-state index contributed by atoms with van der Waals surface area (Å²) >= 11 is 0. The summed E-state index contributed by atoms with van der Waals surface area (Å²) in [5.41, 5.74) is 1.69. The van der Waals surface area contributed by atoms with Gasteiger partial charge in [-0.2, -0.15) is 0 Å². The number of hydrogen-bond donors (Lipinski definition) is 1. The number of hydrogen-bond acceptors (Lipinski definition) is 4. The van der Waals surface area contributed by atoms with Crippen molar-refractivity contribution < 1.29 is 19.1 Å². The number of ether oxygens (including phenoxy) is 2. The molecule has 0 aliphatic carbocycles. The third-order valence-electron chi connectivity index (χ3n) is 3.96. The van der Waals surface area contributed by atoms with Crippen molar-refractivity contribution in [3.05, 3.63) is 59.7 Å². The van der Waals surface area contributed by atoms with Crippen molar-refractivity contribution >= 4 is 17.6 Å². The summed E-state index contributed by atoms with van der Waals surface area (Å²) in [5.74, 6) is -0.156. The Hall–Kier alpha value is -2.82. The van der Waals surface area contributed by atoms with E-state index in [4.69, 9.17) is 9.47 Å². The number of carbonyl (C=O) groups is 2. The fourth-order valence-corrected chi connectivity index (χ4v) is 2.81. The largest absolute Gasteiger partial charge is 0.493 e. The Morgan fingerprint density at radius 1 is 1.17 bits per heavy atom. The van der Waals surface area contributed by atoms with Gasteiger partial charge in [0.05, 0.1) is 30.4 Å². The molecular formula is C19H19NO4. The Bertz CT molecular complexity index is 757. The maximum Gasteiger partial charge on any atom is 0.340 e. The topological polar surface area (TPSA) is 64.6 Å². The molecule has 1 atom stereocenters. The Morgan fingerprint density at radius 2 is 1.92 bits per heavy atom. The van der Waals surface area contributed by atoms with Gasteiger partial charge in [0.25, 0.3) is 0 Å². The van der Waals surface area contributed by atoms with E-state index >= 15 is 0 Å². The van der Waals surface area contributed by atoms with Crippen LogP contribution in [0.4, 0.5) is 5.69 Å². The number of amides is 1. The van der Waals surface area contributed by atoms with Gasteiger partial charge in [0.15, 0.2) is 0 Å². The highest BCUT2D eigenvalue weighted by Crippen LogP contribution is 2.34. The van der Waals surface area contributed by atoms with Gasteiger partial charge in [0.1, 0.15) is 5.75 Å². The highest BCUT2D eigenvalue weighted by Gasteiger charge is 2.28. The molecule has 2 aromatic rings. The molecule has 0 bridgehead atoms. The summed E-state index contributed by atoms with van der Waals surface area (Å²) in [7, 11) is 0. The average Bonchev–Trinajstić information content (AvgIpc) is 2.62. The molecular weight excluding hydrogens is 306 g/mol. The number of benzene rings is 2. The number of esters is 1. The van der Waals surface area contributed by atoms with Crippen LogP contribution in [-0.4, -0.2) is 25.1 Å². The zero-order chi connectivity index (χ0) is 16.9. The Balaban J connectivity index is 1.83. The van der Waals surface area contributed by atoms with Crippen LogP contribution in [0.1, 0.15) is 35.2 Å². The predicted molar refractivity (Wildman–Crippen MR) is 90.3 cm³/mol. The first-order valence-electron chi connectivity index (χ1n) is 7.99. The second-order valence-corrected chi connectivity index (χ2v) is 5.48. The molecule has 0 aromatic heterocycles. The van der Waals surface area contributed by atoms with E-state index in [2.05, 4.69) is 5.32 Å². The van der Waals surface area contributed by atoms with Crippen LogP contribution >= 0.6 is 0 Å². The van der Waals surface area contributed by atoms with Crippen molar-refractivity contribution in [1.82, 2.24) is 0 Å². The Morgan fingerprint density at radius 3 is 2.75 bits per heavy atom. The first kappa shape index (κ1) is 16.1. The van der Waals surface area contributed by atoms with E-state index in [1.54, 1.807) is 31.2 Å². The number of para-hydroxylation sites is 2. The van der Waals surface area contributed by atoms with Crippen LogP contribution in [0.25, 0.3) is 0 Å². The first-order chi connectivity index (χ1) is 11.7. The minimum absolute atomic E-state index is 0.150. The zero-order valence-electron chi connectivity index (χ0n) is 13.5. The lowest BCUT2D eigenvalue weighted by Crippen LogP contribution is -2.27. The van der Waals surface area contributed by atoms with Gasteiger partial charge in [0, 0.05) is 5.56 Å². The van der Waals surface area contributed by atoms with Gasteiger partial charge in [-0.15, -0.1) is 0 Å². The van der Waals surface area contributed by atoms with Gasteiger partial charge < -0.3 is 14.8 Å². The molecule has 0 saturated heterocycles. The Kier molecular flexibility index (Phi) is 4.79. The first-order valence-corrected chi connectivity index (χ1v) is 7.99. The van der Waals surface area contributed by atoms with E-state index in [1.807, 2.05) is 24.3 Å². The second-order valence-electron chi connectivity index (χ2n) is 5.48. The third kappa shape index (κ3) is 3.25. The van der Waals surface area contributed by atoms with Gasteiger partial charge in [-0.1, -0.05) is 30.3 Å². The molecule has 5 heteroatoms. The molecule has 0 saturated carbocycles. The van der Waals surface area contributed by atoms with Crippen molar-refractivity contribution in [2.45, 2.75) is 19.3 Å². The molecule has 1 unspecified atom stereocenters. The van der Waals surface area contributed by atoms with Crippen molar-refractivity contribution in [3.8, 4) is 5.75 Å². The molecule has 1 aliphatic heterocycles. The molecule has 1 N–H and O–H groups in total. The van der Waals surface area contributed by atoms with Crippen LogP contribution in [0.5, 0.6) is 5.75 Å². The monoisotopic (exact) mass is 325 g/mol. The van der Waals surface area contributed by atoms with E-state index in [9.17, 15) is 9.59 Å². The van der Waals surface area contributed by atoms with E-state index in [0.29, 0.717) is 24.3 Å². The van der Waals surface area contributed by atoms with Gasteiger partial charge in [-0.05, 0) is 31.5 Å². The third-order valence-corrected chi connectivity index (χ3v) is 3.96. The normalized spacial score (nSPS) is 15.8. The van der Waals surface area contributed by atoms with E-state index in [0.717, 1.165) is 11.3 Å². The fraction of sp³-hybridized carbons (Fsp3) is 0.263. The molecule has 0 fully saturated rings. The second kappa shape index (κ2) is 7.17. The molecule has 5 nitrogen and oxygen atoms in total. The van der Waals surface area contributed by atoms with E-state index in [-0.39, 0.29) is 18.4 Å². The van der Waals surface area contributed by atoms with Crippen LogP contribution in [-0.2, 0) is 9.53 Å². The van der Waals surface area contributed by atoms with Crippen LogP contribution in [0.2, 0.25) is 0 Å². The van der Waals surface area contributed by atoms with Crippen molar-refractivity contribution in [3.63, 3.8) is 0 Å². The Labute approximate surface area is 140 Å². The number of anilines is 1. The minimum atomic E-state index is -0.444. The van der Waals surface area contributed by atoms with Gasteiger partial charge >= 0.3 is 5.97 Å². The average molecular weight is 325 g/mol. The maximum absolute atomic E-state index is 12.7. The van der Waals surface area contributed by atoms with Crippen LogP contribution in [0.3, 0.4) is 0 Å². The van der Waals surface area contributed by atoms with Crippen molar-refractivity contribution in [2.24, 2.45) is 0 Å². The number of carbonyl (C=O) groups excluding carboxylic acids is 2. The summed E-state index contributed by atoms with van der Waals surface area (Å²) in [6, 6.07) is 14.4. The lowest BCUT2D eigenvalue weighted by Gasteiger charge is -2.25. The smallest absolute Gasteiger partial charge is 0.340 e. The quantitative estimate of drug-likeness (QED) is 0.875. The lowest BCUT2D eigenvalue weighted by atomic mass is 9.92. The molecule has 1 aliphatic rings. The SMILES string of the molecule is CCOC(=O)c1ccccc1NC(=O)C1CCOc2ccccc21. The number of fused-ring (bicyclic) bond motifs is 1. The molecule has 0 radical (unpaired) electrons. The van der Waals surface area contributed by atoms with Gasteiger partial charge in [-0.3, -0.25) is 4.79 Å². The van der Waals surface area contributed by atoms with Crippen LogP contribution < -0.4 is 10.1 Å². The summed E-state index contributed by atoms with van der Waals surface area (Å²) in [4.78, 5) is 24.8. The minimum Gasteiger partial charge on any atom is -0.493 e.